The van der Waals surface area contributed by atoms with Crippen LogP contribution in [-0.4, -0.2) is 52.7 Å². The number of benzene rings is 1. The number of hydrogen-bond donors (Lipinski definition) is 2. The second-order valence-corrected chi connectivity index (χ2v) is 12.0. The van der Waals surface area contributed by atoms with Gasteiger partial charge in [0.25, 0.3) is 0 Å². The second kappa shape index (κ2) is 9.16. The summed E-state index contributed by atoms with van der Waals surface area (Å²) in [5.41, 5.74) is 8.66. The Bertz CT molecular complexity index is 1640. The summed E-state index contributed by atoms with van der Waals surface area (Å²) in [5.74, 6) is 1.48. The highest BCUT2D eigenvalue weighted by Gasteiger charge is 2.36. The van der Waals surface area contributed by atoms with E-state index in [1.807, 2.05) is 41.9 Å². The van der Waals surface area contributed by atoms with Crippen LogP contribution >= 0.6 is 0 Å². The Hall–Kier alpha value is -4.25. The standard InChI is InChI=1S/C29H34N8O3/c1-17-12-20-21(15-36(17)26(38)29(4,5)30)31-16-32-25(20)40-19-6-7-22-18(13-19)8-10-35(22)27(39)33-24-14-23-28(2,3)9-11-37(23)34-24/h6-8,10,13-14,16-17H,9,11-12,15,30H2,1-5H3,(H,33,34,39)/t17-/m0/s1. The lowest BCUT2D eigenvalue weighted by Gasteiger charge is -2.37. The molecule has 11 heteroatoms. The first-order valence-corrected chi connectivity index (χ1v) is 13.5. The van der Waals surface area contributed by atoms with Gasteiger partial charge in [-0.05, 0) is 57.9 Å². The van der Waals surface area contributed by atoms with Crippen LogP contribution in [-0.2, 0) is 29.7 Å². The lowest BCUT2D eigenvalue weighted by molar-refractivity contribution is -0.139. The second-order valence-electron chi connectivity index (χ2n) is 12.0. The largest absolute Gasteiger partial charge is 0.439 e. The summed E-state index contributed by atoms with van der Waals surface area (Å²) in [5, 5.41) is 8.33. The van der Waals surface area contributed by atoms with Crippen molar-refractivity contribution in [1.29, 1.82) is 0 Å². The number of nitrogens with two attached hydrogens (primary N) is 1. The van der Waals surface area contributed by atoms with E-state index in [1.165, 1.54) is 6.33 Å². The highest BCUT2D eigenvalue weighted by atomic mass is 16.5. The minimum Gasteiger partial charge on any atom is -0.439 e. The first-order chi connectivity index (χ1) is 18.9. The summed E-state index contributed by atoms with van der Waals surface area (Å²) in [7, 11) is 0. The molecule has 4 aromatic rings. The summed E-state index contributed by atoms with van der Waals surface area (Å²) in [6.45, 7) is 11.0. The number of rotatable bonds is 4. The number of fused-ring (bicyclic) bond motifs is 3. The van der Waals surface area contributed by atoms with Gasteiger partial charge in [0, 0.05) is 46.9 Å². The Morgan fingerprint density at radius 3 is 2.73 bits per heavy atom. The topological polar surface area (TPSA) is 133 Å². The molecule has 3 N–H and O–H groups in total. The third kappa shape index (κ3) is 4.49. The maximum atomic E-state index is 13.1. The molecule has 208 valence electrons. The molecule has 0 saturated carbocycles. The number of anilines is 1. The molecule has 0 bridgehead atoms. The van der Waals surface area contributed by atoms with E-state index < -0.39 is 5.54 Å². The highest BCUT2D eigenvalue weighted by Crippen LogP contribution is 2.36. The molecule has 0 unspecified atom stereocenters. The average molecular weight is 543 g/mol. The fourth-order valence-corrected chi connectivity index (χ4v) is 5.57. The van der Waals surface area contributed by atoms with Crippen molar-refractivity contribution < 1.29 is 14.3 Å². The maximum absolute atomic E-state index is 13.1. The van der Waals surface area contributed by atoms with Gasteiger partial charge >= 0.3 is 6.03 Å². The Kier molecular flexibility index (Phi) is 5.95. The van der Waals surface area contributed by atoms with Crippen molar-refractivity contribution in [1.82, 2.24) is 29.2 Å². The first-order valence-electron chi connectivity index (χ1n) is 13.5. The predicted octanol–water partition coefficient (Wildman–Crippen LogP) is 4.19. The summed E-state index contributed by atoms with van der Waals surface area (Å²) >= 11 is 0. The highest BCUT2D eigenvalue weighted by molar-refractivity contribution is 5.98. The number of amides is 2. The van der Waals surface area contributed by atoms with Crippen LogP contribution in [0.5, 0.6) is 11.6 Å². The summed E-state index contributed by atoms with van der Waals surface area (Å²) < 4.78 is 9.74. The molecule has 1 aromatic carbocycles. The lowest BCUT2D eigenvalue weighted by Crippen LogP contribution is -2.55. The van der Waals surface area contributed by atoms with Gasteiger partial charge in [-0.3, -0.25) is 19.4 Å². The van der Waals surface area contributed by atoms with E-state index in [9.17, 15) is 9.59 Å². The molecule has 6 rings (SSSR count). The normalized spacial score (nSPS) is 17.9. The van der Waals surface area contributed by atoms with Crippen LogP contribution in [0.2, 0.25) is 0 Å². The molecule has 0 spiro atoms. The molecule has 0 fully saturated rings. The quantitative estimate of drug-likeness (QED) is 0.395. The van der Waals surface area contributed by atoms with E-state index in [0.29, 0.717) is 30.4 Å². The van der Waals surface area contributed by atoms with Gasteiger partial charge in [0.2, 0.25) is 11.8 Å². The summed E-state index contributed by atoms with van der Waals surface area (Å²) in [4.78, 5) is 36.5. The summed E-state index contributed by atoms with van der Waals surface area (Å²) in [6.07, 6.45) is 4.78. The van der Waals surface area contributed by atoms with Gasteiger partial charge in [-0.1, -0.05) is 13.8 Å². The zero-order valence-corrected chi connectivity index (χ0v) is 23.4. The van der Waals surface area contributed by atoms with Crippen molar-refractivity contribution in [2.75, 3.05) is 5.32 Å². The predicted molar refractivity (Wildman–Crippen MR) is 150 cm³/mol. The number of hydrogen-bond acceptors (Lipinski definition) is 7. The van der Waals surface area contributed by atoms with Gasteiger partial charge in [-0.2, -0.15) is 5.10 Å². The molecule has 0 radical (unpaired) electrons. The zero-order valence-electron chi connectivity index (χ0n) is 23.4. The zero-order chi connectivity index (χ0) is 28.4. The van der Waals surface area contributed by atoms with Crippen LogP contribution in [0.4, 0.5) is 10.6 Å². The molecule has 3 aromatic heterocycles. The van der Waals surface area contributed by atoms with Gasteiger partial charge in [0.15, 0.2) is 5.82 Å². The van der Waals surface area contributed by atoms with Crippen LogP contribution in [0.15, 0.2) is 42.9 Å². The molecule has 1 atom stereocenters. The fraction of sp³-hybridized carbons (Fsp3) is 0.414. The third-order valence-corrected chi connectivity index (χ3v) is 7.91. The van der Waals surface area contributed by atoms with Crippen molar-refractivity contribution in [3.8, 4) is 11.6 Å². The molecule has 11 nitrogen and oxygen atoms in total. The van der Waals surface area contributed by atoms with E-state index in [0.717, 1.165) is 40.8 Å². The molecular formula is C29H34N8O3. The van der Waals surface area contributed by atoms with Crippen molar-refractivity contribution in [3.05, 3.63) is 59.8 Å². The summed E-state index contributed by atoms with van der Waals surface area (Å²) in [6, 6.07) is 9.00. The van der Waals surface area contributed by atoms with E-state index in [2.05, 4.69) is 34.2 Å². The number of ether oxygens (including phenoxy) is 1. The van der Waals surface area contributed by atoms with Gasteiger partial charge in [-0.15, -0.1) is 0 Å². The van der Waals surface area contributed by atoms with Crippen molar-refractivity contribution in [2.24, 2.45) is 5.73 Å². The number of carbonyl (C=O) groups excluding carboxylic acids is 2. The molecule has 2 aliphatic heterocycles. The smallest absolute Gasteiger partial charge is 0.331 e. The molecule has 5 heterocycles. The number of carbonyl (C=O) groups is 2. The van der Waals surface area contributed by atoms with Gasteiger partial charge in [-0.25, -0.2) is 14.8 Å². The monoisotopic (exact) mass is 542 g/mol. The van der Waals surface area contributed by atoms with Crippen LogP contribution in [0.3, 0.4) is 0 Å². The molecule has 2 aliphatic rings. The Morgan fingerprint density at radius 1 is 1.18 bits per heavy atom. The van der Waals surface area contributed by atoms with Gasteiger partial charge < -0.3 is 15.4 Å². The minimum absolute atomic E-state index is 0.0473. The Morgan fingerprint density at radius 2 is 1.98 bits per heavy atom. The fourth-order valence-electron chi connectivity index (χ4n) is 5.57. The first kappa shape index (κ1) is 26.0. The van der Waals surface area contributed by atoms with Crippen molar-refractivity contribution in [2.45, 2.75) is 77.5 Å². The molecule has 0 aliphatic carbocycles. The molecule has 2 amide bonds. The maximum Gasteiger partial charge on any atom is 0.331 e. The van der Waals surface area contributed by atoms with Gasteiger partial charge in [0.1, 0.15) is 12.1 Å². The number of aryl methyl sites for hydroxylation is 1. The van der Waals surface area contributed by atoms with Crippen molar-refractivity contribution in [3.63, 3.8) is 0 Å². The van der Waals surface area contributed by atoms with Crippen molar-refractivity contribution >= 4 is 28.7 Å². The molecule has 40 heavy (non-hydrogen) atoms. The van der Waals surface area contributed by atoms with E-state index >= 15 is 0 Å². The SMILES string of the molecule is C[C@H]1Cc2c(ncnc2Oc2ccc3c(ccn3C(=O)Nc3cc4n(n3)CCC4(C)C)c2)CN1C(=O)C(C)(C)N. The van der Waals surface area contributed by atoms with Crippen LogP contribution in [0.1, 0.15) is 58.0 Å². The van der Waals surface area contributed by atoms with Crippen LogP contribution in [0.25, 0.3) is 10.9 Å². The third-order valence-electron chi connectivity index (χ3n) is 7.91. The average Bonchev–Trinajstić information content (AvgIpc) is 3.57. The number of nitrogens with zero attached hydrogens (tertiary/aromatic N) is 6. The van der Waals surface area contributed by atoms with E-state index in [-0.39, 0.29) is 23.4 Å². The van der Waals surface area contributed by atoms with E-state index in [4.69, 9.17) is 10.5 Å². The lowest BCUT2D eigenvalue weighted by atomic mass is 9.89. The number of aromatic nitrogens is 5. The molecule has 0 saturated heterocycles. The van der Waals surface area contributed by atoms with E-state index in [1.54, 1.807) is 29.5 Å². The Labute approximate surface area is 232 Å². The molecular weight excluding hydrogens is 508 g/mol. The van der Waals surface area contributed by atoms with Gasteiger partial charge in [0.05, 0.1) is 23.3 Å². The van der Waals surface area contributed by atoms with Crippen LogP contribution in [0, 0.1) is 0 Å². The minimum atomic E-state index is -0.962. The Balaban J connectivity index is 1.20. The van der Waals surface area contributed by atoms with Crippen LogP contribution < -0.4 is 15.8 Å². The number of nitrogens with one attached hydrogen (secondary N) is 1.